The van der Waals surface area contributed by atoms with Gasteiger partial charge in [-0.05, 0) is 37.6 Å². The van der Waals surface area contributed by atoms with Crippen LogP contribution in [0.1, 0.15) is 26.3 Å². The molecule has 1 heterocycles. The lowest BCUT2D eigenvalue weighted by Crippen LogP contribution is -2.27. The average molecular weight is 340 g/mol. The Hall–Kier alpha value is -2.82. The molecule has 130 valence electrons. The molecule has 2 aromatic carbocycles. The fourth-order valence-electron chi connectivity index (χ4n) is 2.72. The van der Waals surface area contributed by atoms with Crippen LogP contribution in [0.5, 0.6) is 0 Å². The lowest BCUT2D eigenvalue weighted by molar-refractivity contribution is -0.166. The predicted molar refractivity (Wildman–Crippen MR) is 94.2 cm³/mol. The van der Waals surface area contributed by atoms with Gasteiger partial charge in [0.2, 0.25) is 0 Å². The molecule has 0 saturated heterocycles. The average Bonchev–Trinajstić information content (AvgIpc) is 2.95. The zero-order valence-corrected chi connectivity index (χ0v) is 14.5. The fourth-order valence-corrected chi connectivity index (χ4v) is 2.72. The standard InChI is InChI=1S/C20H20O5/c1-20(2,3)25-18(22)12-24-17(21)10-14-11-23-16-9-8-13-6-4-5-7-15(13)19(14)16/h4-9,11H,10,12H2,1-3H3. The Bertz CT molecular complexity index is 930. The van der Waals surface area contributed by atoms with Gasteiger partial charge in [-0.2, -0.15) is 0 Å². The molecular formula is C20H20O5. The van der Waals surface area contributed by atoms with Crippen molar-refractivity contribution in [2.45, 2.75) is 32.8 Å². The summed E-state index contributed by atoms with van der Waals surface area (Å²) in [6.07, 6.45) is 1.59. The second kappa shape index (κ2) is 6.59. The Labute approximate surface area is 145 Å². The highest BCUT2D eigenvalue weighted by atomic mass is 16.6. The van der Waals surface area contributed by atoms with Gasteiger partial charge in [-0.1, -0.05) is 30.3 Å². The molecule has 25 heavy (non-hydrogen) atoms. The second-order valence-corrected chi connectivity index (χ2v) is 6.84. The SMILES string of the molecule is CC(C)(C)OC(=O)COC(=O)Cc1coc2ccc3ccccc3c12. The molecule has 0 unspecified atom stereocenters. The van der Waals surface area contributed by atoms with Crippen molar-refractivity contribution in [2.24, 2.45) is 0 Å². The van der Waals surface area contributed by atoms with Gasteiger partial charge in [0, 0.05) is 10.9 Å². The largest absolute Gasteiger partial charge is 0.464 e. The van der Waals surface area contributed by atoms with E-state index in [1.807, 2.05) is 36.4 Å². The minimum absolute atomic E-state index is 0.0316. The van der Waals surface area contributed by atoms with Crippen LogP contribution >= 0.6 is 0 Å². The first-order valence-electron chi connectivity index (χ1n) is 8.09. The fraction of sp³-hybridized carbons (Fsp3) is 0.300. The van der Waals surface area contributed by atoms with E-state index in [2.05, 4.69) is 0 Å². The maximum Gasteiger partial charge on any atom is 0.344 e. The van der Waals surface area contributed by atoms with Gasteiger partial charge in [0.05, 0.1) is 12.7 Å². The summed E-state index contributed by atoms with van der Waals surface area (Å²) < 4.78 is 15.7. The smallest absolute Gasteiger partial charge is 0.344 e. The highest BCUT2D eigenvalue weighted by Crippen LogP contribution is 2.30. The van der Waals surface area contributed by atoms with Crippen molar-refractivity contribution in [2.75, 3.05) is 6.61 Å². The minimum Gasteiger partial charge on any atom is -0.464 e. The number of esters is 2. The van der Waals surface area contributed by atoms with E-state index in [1.54, 1.807) is 27.0 Å². The number of furan rings is 1. The third-order valence-electron chi connectivity index (χ3n) is 3.65. The minimum atomic E-state index is -0.608. The predicted octanol–water partition coefficient (Wildman–Crippen LogP) is 4.01. The van der Waals surface area contributed by atoms with Crippen LogP contribution in [0, 0.1) is 0 Å². The van der Waals surface area contributed by atoms with E-state index >= 15 is 0 Å². The molecule has 3 rings (SSSR count). The summed E-state index contributed by atoms with van der Waals surface area (Å²) in [5.74, 6) is -1.06. The van der Waals surface area contributed by atoms with E-state index in [0.717, 1.165) is 21.7 Å². The van der Waals surface area contributed by atoms with Gasteiger partial charge < -0.3 is 13.9 Å². The Kier molecular flexibility index (Phi) is 4.49. The molecule has 0 aliphatic carbocycles. The number of hydrogen-bond donors (Lipinski definition) is 0. The van der Waals surface area contributed by atoms with Crippen LogP contribution in [0.2, 0.25) is 0 Å². The molecule has 0 bridgehead atoms. The van der Waals surface area contributed by atoms with Crippen LogP contribution in [-0.4, -0.2) is 24.1 Å². The first-order valence-corrected chi connectivity index (χ1v) is 8.09. The Morgan fingerprint density at radius 1 is 1.04 bits per heavy atom. The van der Waals surface area contributed by atoms with Gasteiger partial charge in [-0.15, -0.1) is 0 Å². The molecule has 0 aliphatic heterocycles. The molecule has 0 spiro atoms. The lowest BCUT2D eigenvalue weighted by Gasteiger charge is -2.19. The molecule has 0 fully saturated rings. The van der Waals surface area contributed by atoms with Gasteiger partial charge >= 0.3 is 11.9 Å². The van der Waals surface area contributed by atoms with Gasteiger partial charge in [-0.25, -0.2) is 4.79 Å². The summed E-state index contributed by atoms with van der Waals surface area (Å²) in [6.45, 7) is 4.88. The summed E-state index contributed by atoms with van der Waals surface area (Å²) >= 11 is 0. The quantitative estimate of drug-likeness (QED) is 0.671. The second-order valence-electron chi connectivity index (χ2n) is 6.84. The first-order chi connectivity index (χ1) is 11.8. The molecule has 1 aromatic heterocycles. The maximum atomic E-state index is 12.1. The summed E-state index contributed by atoms with van der Waals surface area (Å²) in [4.78, 5) is 23.7. The van der Waals surface area contributed by atoms with E-state index in [1.165, 1.54) is 0 Å². The van der Waals surface area contributed by atoms with E-state index in [9.17, 15) is 9.59 Å². The van der Waals surface area contributed by atoms with Crippen LogP contribution in [0.25, 0.3) is 21.7 Å². The molecule has 5 heteroatoms. The number of benzene rings is 2. The third kappa shape index (κ3) is 3.99. The Balaban J connectivity index is 1.74. The van der Waals surface area contributed by atoms with E-state index in [0.29, 0.717) is 5.58 Å². The molecule has 3 aromatic rings. The zero-order valence-electron chi connectivity index (χ0n) is 14.5. The molecule has 5 nitrogen and oxygen atoms in total. The monoisotopic (exact) mass is 340 g/mol. The topological polar surface area (TPSA) is 65.7 Å². The molecule has 0 amide bonds. The highest BCUT2D eigenvalue weighted by Gasteiger charge is 2.19. The van der Waals surface area contributed by atoms with Crippen molar-refractivity contribution >= 4 is 33.7 Å². The van der Waals surface area contributed by atoms with Gasteiger partial charge in [0.1, 0.15) is 11.2 Å². The van der Waals surface area contributed by atoms with Crippen LogP contribution < -0.4 is 0 Å². The van der Waals surface area contributed by atoms with Crippen molar-refractivity contribution in [3.63, 3.8) is 0 Å². The molecule has 0 atom stereocenters. The number of carbonyl (C=O) groups is 2. The van der Waals surface area contributed by atoms with E-state index < -0.39 is 24.1 Å². The van der Waals surface area contributed by atoms with Crippen molar-refractivity contribution < 1.29 is 23.5 Å². The molecule has 0 aliphatic rings. The van der Waals surface area contributed by atoms with E-state index in [4.69, 9.17) is 13.9 Å². The summed E-state index contributed by atoms with van der Waals surface area (Å²) in [6, 6.07) is 11.8. The number of hydrogen-bond acceptors (Lipinski definition) is 5. The van der Waals surface area contributed by atoms with Crippen LogP contribution in [-0.2, 0) is 25.5 Å². The number of fused-ring (bicyclic) bond motifs is 3. The van der Waals surface area contributed by atoms with Crippen LogP contribution in [0.4, 0.5) is 0 Å². The Morgan fingerprint density at radius 3 is 2.56 bits per heavy atom. The van der Waals surface area contributed by atoms with Crippen molar-refractivity contribution in [1.82, 2.24) is 0 Å². The summed E-state index contributed by atoms with van der Waals surface area (Å²) in [5, 5.41) is 2.98. The molecule has 0 radical (unpaired) electrons. The highest BCUT2D eigenvalue weighted by molar-refractivity contribution is 6.08. The van der Waals surface area contributed by atoms with Gasteiger partial charge in [0.15, 0.2) is 6.61 Å². The Morgan fingerprint density at radius 2 is 1.80 bits per heavy atom. The molecule has 0 saturated carbocycles. The summed E-state index contributed by atoms with van der Waals surface area (Å²) in [7, 11) is 0. The van der Waals surface area contributed by atoms with Crippen molar-refractivity contribution in [3.8, 4) is 0 Å². The number of carbonyl (C=O) groups excluding carboxylic acids is 2. The van der Waals surface area contributed by atoms with Crippen molar-refractivity contribution in [1.29, 1.82) is 0 Å². The van der Waals surface area contributed by atoms with Crippen LogP contribution in [0.3, 0.4) is 0 Å². The maximum absolute atomic E-state index is 12.1. The zero-order chi connectivity index (χ0) is 18.0. The molecule has 0 N–H and O–H groups in total. The normalized spacial score (nSPS) is 11.6. The number of rotatable bonds is 4. The number of ether oxygens (including phenoxy) is 2. The summed E-state index contributed by atoms with van der Waals surface area (Å²) in [5.41, 5.74) is 0.845. The lowest BCUT2D eigenvalue weighted by atomic mass is 10.0. The van der Waals surface area contributed by atoms with Crippen LogP contribution in [0.15, 0.2) is 47.1 Å². The van der Waals surface area contributed by atoms with Gasteiger partial charge in [-0.3, -0.25) is 4.79 Å². The van der Waals surface area contributed by atoms with E-state index in [-0.39, 0.29) is 6.42 Å². The first kappa shape index (κ1) is 17.0. The molecular weight excluding hydrogens is 320 g/mol. The third-order valence-corrected chi connectivity index (χ3v) is 3.65. The van der Waals surface area contributed by atoms with Gasteiger partial charge in [0.25, 0.3) is 0 Å². The van der Waals surface area contributed by atoms with Crippen molar-refractivity contribution in [3.05, 3.63) is 48.2 Å².